The van der Waals surface area contributed by atoms with Gasteiger partial charge in [-0.2, -0.15) is 5.26 Å². The van der Waals surface area contributed by atoms with E-state index in [4.69, 9.17) is 8.85 Å². The highest BCUT2D eigenvalue weighted by atomic mass is 32.2. The number of fused-ring (bicyclic) bond motifs is 1. The first-order valence-electron chi connectivity index (χ1n) is 8.69. The Morgan fingerprint density at radius 2 is 2.09 bits per heavy atom. The lowest BCUT2D eigenvalue weighted by molar-refractivity contribution is 0.0267. The van der Waals surface area contributed by atoms with Crippen molar-refractivity contribution in [2.45, 2.75) is 36.7 Å². The zero-order chi connectivity index (χ0) is 19.2. The van der Waals surface area contributed by atoms with Crippen molar-refractivity contribution in [2.24, 2.45) is 0 Å². The Morgan fingerprint density at radius 1 is 1.35 bits per heavy atom. The van der Waals surface area contributed by atoms with Crippen LogP contribution in [0.4, 0.5) is 0 Å². The minimum atomic E-state index is -3.84. The first kappa shape index (κ1) is 12.3. The fraction of sp³-hybridized carbons (Fsp3) is 0.353. The summed E-state index contributed by atoms with van der Waals surface area (Å²) in [6.45, 7) is 1.86. The molecule has 6 heteroatoms. The van der Waals surface area contributed by atoms with Crippen LogP contribution in [0.1, 0.15) is 27.4 Å². The standard InChI is InChI=1S/C17H18N2O3S/c1-13-3-5-15(6-4-13)23(20,21)19-10-8-14-7-9-17(12-18,22-2)11-16(14)19/h3-6,8,10H,7,9,11H2,1-2H3/i2D3. The predicted molar refractivity (Wildman–Crippen MR) is 85.6 cm³/mol. The summed E-state index contributed by atoms with van der Waals surface area (Å²) in [6, 6.07) is 10.1. The monoisotopic (exact) mass is 333 g/mol. The second-order valence-electron chi connectivity index (χ2n) is 5.79. The summed E-state index contributed by atoms with van der Waals surface area (Å²) in [5.74, 6) is 0. The van der Waals surface area contributed by atoms with Gasteiger partial charge in [0.05, 0.1) is 15.1 Å². The molecule has 1 aliphatic rings. The van der Waals surface area contributed by atoms with Crippen LogP contribution < -0.4 is 0 Å². The summed E-state index contributed by atoms with van der Waals surface area (Å²) in [4.78, 5) is 0.131. The molecule has 3 rings (SSSR count). The molecule has 1 aromatic carbocycles. The molecular weight excluding hydrogens is 312 g/mol. The highest BCUT2D eigenvalue weighted by Gasteiger charge is 2.38. The van der Waals surface area contributed by atoms with Crippen molar-refractivity contribution < 1.29 is 17.3 Å². The molecule has 0 saturated heterocycles. The van der Waals surface area contributed by atoms with Gasteiger partial charge in [-0.15, -0.1) is 0 Å². The molecule has 0 aliphatic heterocycles. The third kappa shape index (κ3) is 2.56. The van der Waals surface area contributed by atoms with E-state index in [-0.39, 0.29) is 17.7 Å². The lowest BCUT2D eigenvalue weighted by Crippen LogP contribution is -2.37. The van der Waals surface area contributed by atoms with E-state index in [1.54, 1.807) is 18.2 Å². The first-order chi connectivity index (χ1) is 12.1. The Kier molecular flexibility index (Phi) is 2.96. The van der Waals surface area contributed by atoms with Crippen molar-refractivity contribution >= 4 is 10.0 Å². The summed E-state index contributed by atoms with van der Waals surface area (Å²) in [7, 11) is -6.58. The van der Waals surface area contributed by atoms with E-state index in [0.29, 0.717) is 12.1 Å². The van der Waals surface area contributed by atoms with E-state index in [2.05, 4.69) is 0 Å². The molecule has 0 spiro atoms. The Balaban J connectivity index is 2.04. The van der Waals surface area contributed by atoms with Gasteiger partial charge in [0.15, 0.2) is 5.60 Å². The van der Waals surface area contributed by atoms with Crippen molar-refractivity contribution in [3.05, 3.63) is 53.3 Å². The van der Waals surface area contributed by atoms with E-state index in [1.165, 1.54) is 18.3 Å². The summed E-state index contributed by atoms with van der Waals surface area (Å²) in [6.07, 6.45) is 1.91. The van der Waals surface area contributed by atoms with Crippen molar-refractivity contribution in [2.75, 3.05) is 7.04 Å². The number of hydrogen-bond donors (Lipinski definition) is 0. The van der Waals surface area contributed by atoms with Crippen LogP contribution in [-0.4, -0.2) is 25.0 Å². The van der Waals surface area contributed by atoms with Crippen LogP contribution in [0.2, 0.25) is 0 Å². The third-order valence-corrected chi connectivity index (χ3v) is 6.00. The van der Waals surface area contributed by atoms with Crippen LogP contribution >= 0.6 is 0 Å². The van der Waals surface area contributed by atoms with Gasteiger partial charge in [-0.3, -0.25) is 0 Å². The predicted octanol–water partition coefficient (Wildman–Crippen LogP) is 2.43. The molecule has 0 bridgehead atoms. The molecule has 1 aromatic heterocycles. The Labute approximate surface area is 140 Å². The van der Waals surface area contributed by atoms with Gasteiger partial charge in [-0.25, -0.2) is 12.4 Å². The second-order valence-corrected chi connectivity index (χ2v) is 7.60. The van der Waals surface area contributed by atoms with Crippen LogP contribution in [0.25, 0.3) is 0 Å². The van der Waals surface area contributed by atoms with Gasteiger partial charge in [0, 0.05) is 25.3 Å². The molecule has 2 aromatic rings. The quantitative estimate of drug-likeness (QED) is 0.865. The largest absolute Gasteiger partial charge is 0.363 e. The van der Waals surface area contributed by atoms with E-state index < -0.39 is 22.7 Å². The molecule has 0 fully saturated rings. The number of ether oxygens (including phenoxy) is 1. The lowest BCUT2D eigenvalue weighted by atomic mass is 9.85. The van der Waals surface area contributed by atoms with Crippen LogP contribution in [0.5, 0.6) is 0 Å². The van der Waals surface area contributed by atoms with Crippen LogP contribution in [0.3, 0.4) is 0 Å². The van der Waals surface area contributed by atoms with E-state index in [0.717, 1.165) is 15.1 Å². The van der Waals surface area contributed by atoms with Gasteiger partial charge >= 0.3 is 0 Å². The first-order valence-corrected chi connectivity index (χ1v) is 8.63. The minimum Gasteiger partial charge on any atom is -0.363 e. The van der Waals surface area contributed by atoms with Crippen molar-refractivity contribution in [1.82, 2.24) is 3.97 Å². The summed E-state index contributed by atoms with van der Waals surface area (Å²) in [5, 5.41) is 9.53. The molecule has 0 saturated carbocycles. The third-order valence-electron chi connectivity index (χ3n) is 4.28. The van der Waals surface area contributed by atoms with Crippen LogP contribution in [0.15, 0.2) is 41.4 Å². The number of nitriles is 1. The molecule has 23 heavy (non-hydrogen) atoms. The molecular formula is C17H18N2O3S. The maximum atomic E-state index is 13.0. The highest BCUT2D eigenvalue weighted by Crippen LogP contribution is 2.33. The maximum absolute atomic E-state index is 13.0. The number of nitrogens with zero attached hydrogens (tertiary/aromatic N) is 2. The number of benzene rings is 1. The minimum absolute atomic E-state index is 0.102. The molecule has 5 nitrogen and oxygen atoms in total. The van der Waals surface area contributed by atoms with E-state index in [1.807, 2.05) is 13.0 Å². The van der Waals surface area contributed by atoms with Gasteiger partial charge in [-0.05, 0) is 43.5 Å². The van der Waals surface area contributed by atoms with Gasteiger partial charge in [0.25, 0.3) is 10.0 Å². The Morgan fingerprint density at radius 3 is 2.74 bits per heavy atom. The summed E-state index contributed by atoms with van der Waals surface area (Å²) in [5.41, 5.74) is 0.535. The number of hydrogen-bond acceptors (Lipinski definition) is 4. The van der Waals surface area contributed by atoms with E-state index >= 15 is 0 Å². The number of aromatic nitrogens is 1. The maximum Gasteiger partial charge on any atom is 0.267 e. The molecule has 120 valence electrons. The number of rotatable bonds is 3. The van der Waals surface area contributed by atoms with Gasteiger partial charge in [-0.1, -0.05) is 17.7 Å². The zero-order valence-electron chi connectivity index (χ0n) is 15.6. The molecule has 1 heterocycles. The average molecular weight is 333 g/mol. The highest BCUT2D eigenvalue weighted by molar-refractivity contribution is 7.90. The number of aryl methyl sites for hydroxylation is 2. The normalized spacial score (nSPS) is 23.2. The van der Waals surface area contributed by atoms with Gasteiger partial charge in [0.2, 0.25) is 0 Å². The summed E-state index contributed by atoms with van der Waals surface area (Å²) < 4.78 is 54.1. The Hall–Kier alpha value is -2.10. The number of methoxy groups -OCH3 is 1. The summed E-state index contributed by atoms with van der Waals surface area (Å²) >= 11 is 0. The van der Waals surface area contributed by atoms with Gasteiger partial charge in [0.1, 0.15) is 0 Å². The molecule has 0 radical (unpaired) electrons. The molecule has 1 unspecified atom stereocenters. The smallest absolute Gasteiger partial charge is 0.267 e. The lowest BCUT2D eigenvalue weighted by Gasteiger charge is -2.30. The van der Waals surface area contributed by atoms with E-state index in [9.17, 15) is 13.7 Å². The van der Waals surface area contributed by atoms with Crippen molar-refractivity contribution in [1.29, 1.82) is 5.26 Å². The SMILES string of the molecule is [2H]C([2H])([2H])OC1(C#N)CCc2ccn(S(=O)(=O)c3ccc(C)cc3)c2C1. The second kappa shape index (κ2) is 5.52. The molecule has 0 amide bonds. The zero-order valence-corrected chi connectivity index (χ0v) is 13.4. The Bertz CT molecular complexity index is 972. The fourth-order valence-electron chi connectivity index (χ4n) is 2.85. The molecule has 1 atom stereocenters. The van der Waals surface area contributed by atoms with Crippen molar-refractivity contribution in [3.8, 4) is 6.07 Å². The fourth-order valence-corrected chi connectivity index (χ4v) is 4.25. The molecule has 0 N–H and O–H groups in total. The topological polar surface area (TPSA) is 72.1 Å². The van der Waals surface area contributed by atoms with Gasteiger partial charge < -0.3 is 4.74 Å². The van der Waals surface area contributed by atoms with Crippen LogP contribution in [0, 0.1) is 18.3 Å². The van der Waals surface area contributed by atoms with Crippen LogP contribution in [-0.2, 0) is 27.6 Å². The average Bonchev–Trinajstić information content (AvgIpc) is 2.97. The molecule has 1 aliphatic carbocycles. The van der Waals surface area contributed by atoms with Crippen molar-refractivity contribution in [3.63, 3.8) is 0 Å².